The maximum atomic E-state index is 13.5. The Balaban J connectivity index is 5.54. The van der Waals surface area contributed by atoms with Crippen molar-refractivity contribution in [2.75, 3.05) is 18.9 Å². The van der Waals surface area contributed by atoms with Gasteiger partial charge in [-0.25, -0.2) is 0 Å². The van der Waals surface area contributed by atoms with E-state index in [0.29, 0.717) is 7.11 Å². The summed E-state index contributed by atoms with van der Waals surface area (Å²) >= 11 is 10.2. The van der Waals surface area contributed by atoms with E-state index in [1.165, 1.54) is 0 Å². The van der Waals surface area contributed by atoms with Crippen LogP contribution in [0.15, 0.2) is 12.1 Å². The molecule has 0 spiro atoms. The maximum absolute atomic E-state index is 13.5. The molecular formula is C8H7Cl2F7O2. The molecule has 0 aliphatic carbocycles. The van der Waals surface area contributed by atoms with Gasteiger partial charge in [0, 0.05) is 7.11 Å². The van der Waals surface area contributed by atoms with E-state index >= 15 is 0 Å². The van der Waals surface area contributed by atoms with Gasteiger partial charge in [-0.3, -0.25) is 0 Å². The molecule has 0 aliphatic heterocycles. The van der Waals surface area contributed by atoms with Crippen molar-refractivity contribution in [3.8, 4) is 0 Å². The Kier molecular flexibility index (Phi) is 6.22. The van der Waals surface area contributed by atoms with Crippen molar-refractivity contribution in [2.45, 2.75) is 17.6 Å². The summed E-state index contributed by atoms with van der Waals surface area (Å²) < 4.78 is 95.5. The predicted octanol–water partition coefficient (Wildman–Crippen LogP) is 4.13. The Bertz CT molecular complexity index is 332. The SMILES string of the molecule is COC(CCl)(CCl)C(F)(F)C(F)(F)OC(F)=C(F)F. The van der Waals surface area contributed by atoms with E-state index in [9.17, 15) is 30.7 Å². The molecule has 0 unspecified atom stereocenters. The number of hydrogen-bond donors (Lipinski definition) is 0. The Labute approximate surface area is 113 Å². The van der Waals surface area contributed by atoms with Crippen molar-refractivity contribution in [3.05, 3.63) is 12.1 Å². The molecule has 0 saturated carbocycles. The molecular weight excluding hydrogens is 332 g/mol. The first-order valence-electron chi connectivity index (χ1n) is 4.34. The van der Waals surface area contributed by atoms with Gasteiger partial charge in [-0.1, -0.05) is 0 Å². The first-order valence-corrected chi connectivity index (χ1v) is 5.40. The lowest BCUT2D eigenvalue weighted by Gasteiger charge is -2.38. The van der Waals surface area contributed by atoms with Crippen LogP contribution >= 0.6 is 23.2 Å². The fourth-order valence-electron chi connectivity index (χ4n) is 0.921. The predicted molar refractivity (Wildman–Crippen MR) is 52.5 cm³/mol. The van der Waals surface area contributed by atoms with Gasteiger partial charge in [0.05, 0.1) is 11.8 Å². The first kappa shape index (κ1) is 18.6. The molecule has 0 bridgehead atoms. The topological polar surface area (TPSA) is 18.5 Å². The number of methoxy groups -OCH3 is 1. The van der Waals surface area contributed by atoms with Crippen LogP contribution in [0, 0.1) is 0 Å². The monoisotopic (exact) mass is 338 g/mol. The van der Waals surface area contributed by atoms with Gasteiger partial charge >= 0.3 is 24.1 Å². The van der Waals surface area contributed by atoms with Gasteiger partial charge in [0.1, 0.15) is 0 Å². The van der Waals surface area contributed by atoms with Crippen LogP contribution in [0.5, 0.6) is 0 Å². The molecule has 0 aromatic rings. The molecule has 0 aliphatic rings. The van der Waals surface area contributed by atoms with Gasteiger partial charge in [-0.2, -0.15) is 30.7 Å². The molecule has 0 N–H and O–H groups in total. The zero-order valence-electron chi connectivity index (χ0n) is 9.13. The summed E-state index contributed by atoms with van der Waals surface area (Å²) in [7, 11) is 0.594. The van der Waals surface area contributed by atoms with Crippen molar-refractivity contribution < 1.29 is 40.2 Å². The molecule has 2 nitrogen and oxygen atoms in total. The van der Waals surface area contributed by atoms with E-state index in [4.69, 9.17) is 23.2 Å². The minimum Gasteiger partial charge on any atom is -0.398 e. The molecule has 0 fully saturated rings. The Morgan fingerprint density at radius 3 is 1.68 bits per heavy atom. The van der Waals surface area contributed by atoms with Crippen LogP contribution in [-0.4, -0.2) is 36.5 Å². The van der Waals surface area contributed by atoms with E-state index < -0.39 is 41.5 Å². The van der Waals surface area contributed by atoms with E-state index in [2.05, 4.69) is 9.47 Å². The smallest absolute Gasteiger partial charge is 0.398 e. The third kappa shape index (κ3) is 3.38. The fourth-order valence-corrected chi connectivity index (χ4v) is 1.76. The lowest BCUT2D eigenvalue weighted by atomic mass is 9.98. The summed E-state index contributed by atoms with van der Waals surface area (Å²) in [4.78, 5) is 0. The fraction of sp³-hybridized carbons (Fsp3) is 0.750. The first-order chi connectivity index (χ1) is 8.51. The molecule has 0 radical (unpaired) electrons. The summed E-state index contributed by atoms with van der Waals surface area (Å²) in [5.41, 5.74) is -3.13. The summed E-state index contributed by atoms with van der Waals surface area (Å²) in [6.07, 6.45) is -8.98. The third-order valence-corrected chi connectivity index (χ3v) is 2.99. The van der Waals surface area contributed by atoms with Gasteiger partial charge in [-0.15, -0.1) is 23.2 Å². The molecule has 114 valence electrons. The number of alkyl halides is 6. The molecule has 19 heavy (non-hydrogen) atoms. The second-order valence-corrected chi connectivity index (χ2v) is 3.73. The highest BCUT2D eigenvalue weighted by molar-refractivity contribution is 6.22. The van der Waals surface area contributed by atoms with E-state index in [1.807, 2.05) is 0 Å². The van der Waals surface area contributed by atoms with Crippen LogP contribution in [-0.2, 0) is 9.47 Å². The molecule has 0 rings (SSSR count). The molecule has 0 amide bonds. The quantitative estimate of drug-likeness (QED) is 0.395. The maximum Gasteiger partial charge on any atom is 0.469 e. The minimum atomic E-state index is -5.65. The molecule has 0 aromatic carbocycles. The molecule has 0 aromatic heterocycles. The van der Waals surface area contributed by atoms with Crippen LogP contribution in [0.1, 0.15) is 0 Å². The van der Waals surface area contributed by atoms with E-state index in [1.54, 1.807) is 0 Å². The highest BCUT2D eigenvalue weighted by Crippen LogP contribution is 2.47. The van der Waals surface area contributed by atoms with E-state index in [0.717, 1.165) is 0 Å². The van der Waals surface area contributed by atoms with Gasteiger partial charge < -0.3 is 9.47 Å². The van der Waals surface area contributed by atoms with Crippen molar-refractivity contribution in [1.29, 1.82) is 0 Å². The Morgan fingerprint density at radius 2 is 1.42 bits per heavy atom. The summed E-state index contributed by atoms with van der Waals surface area (Å²) in [6, 6.07) is -3.14. The van der Waals surface area contributed by atoms with Crippen molar-refractivity contribution in [1.82, 2.24) is 0 Å². The number of rotatable bonds is 7. The van der Waals surface area contributed by atoms with Gasteiger partial charge in [-0.05, 0) is 0 Å². The molecule has 0 heterocycles. The average Bonchev–Trinajstić information content (AvgIpc) is 2.30. The standard InChI is InChI=1S/C8H7Cl2F7O2/c1-18-6(2-9,3-10)7(14,15)8(16,17)19-5(13)4(11)12/h2-3H2,1H3. The van der Waals surface area contributed by atoms with E-state index in [-0.39, 0.29) is 0 Å². The highest BCUT2D eigenvalue weighted by Gasteiger charge is 2.72. The lowest BCUT2D eigenvalue weighted by Crippen LogP contribution is -2.62. The number of ether oxygens (including phenoxy) is 2. The molecule has 0 saturated heterocycles. The van der Waals surface area contributed by atoms with Gasteiger partial charge in [0.25, 0.3) is 0 Å². The van der Waals surface area contributed by atoms with Crippen LogP contribution in [0.3, 0.4) is 0 Å². The lowest BCUT2D eigenvalue weighted by molar-refractivity contribution is -0.379. The third-order valence-electron chi connectivity index (χ3n) is 2.13. The molecule has 11 heteroatoms. The van der Waals surface area contributed by atoms with Crippen molar-refractivity contribution in [3.63, 3.8) is 0 Å². The highest BCUT2D eigenvalue weighted by atomic mass is 35.5. The van der Waals surface area contributed by atoms with Gasteiger partial charge in [0.15, 0.2) is 5.60 Å². The summed E-state index contributed by atoms with van der Waals surface area (Å²) in [6.45, 7) is 0. The van der Waals surface area contributed by atoms with Crippen LogP contribution in [0.2, 0.25) is 0 Å². The molecule has 0 atom stereocenters. The zero-order valence-corrected chi connectivity index (χ0v) is 10.6. The van der Waals surface area contributed by atoms with Crippen LogP contribution in [0.4, 0.5) is 30.7 Å². The van der Waals surface area contributed by atoms with Crippen LogP contribution < -0.4 is 0 Å². The summed E-state index contributed by atoms with van der Waals surface area (Å²) in [5, 5.41) is 0. The number of hydrogen-bond acceptors (Lipinski definition) is 2. The van der Waals surface area contributed by atoms with Crippen LogP contribution in [0.25, 0.3) is 0 Å². The second-order valence-electron chi connectivity index (χ2n) is 3.19. The minimum absolute atomic E-state index is 0.594. The number of halogens is 9. The van der Waals surface area contributed by atoms with Crippen molar-refractivity contribution in [2.24, 2.45) is 0 Å². The largest absolute Gasteiger partial charge is 0.469 e. The average molecular weight is 339 g/mol. The normalized spacial score (nSPS) is 13.4. The Hall–Kier alpha value is -0.410. The van der Waals surface area contributed by atoms with Gasteiger partial charge in [0.2, 0.25) is 0 Å². The zero-order chi connectivity index (χ0) is 15.5. The second kappa shape index (κ2) is 6.36. The summed E-state index contributed by atoms with van der Waals surface area (Å²) in [5.74, 6) is -7.71. The van der Waals surface area contributed by atoms with Crippen molar-refractivity contribution >= 4 is 23.2 Å². The Morgan fingerprint density at radius 1 is 1.00 bits per heavy atom.